The highest BCUT2D eigenvalue weighted by Crippen LogP contribution is 2.31. The topological polar surface area (TPSA) is 111 Å². The third-order valence-corrected chi connectivity index (χ3v) is 6.64. The maximum atomic E-state index is 12.8. The van der Waals surface area contributed by atoms with Gasteiger partial charge in [0.1, 0.15) is 5.75 Å². The van der Waals surface area contributed by atoms with E-state index >= 15 is 0 Å². The molecule has 1 saturated heterocycles. The van der Waals surface area contributed by atoms with E-state index in [4.69, 9.17) is 15.2 Å². The molecular weight excluding hydrogens is 358 g/mol. The lowest BCUT2D eigenvalue weighted by molar-refractivity contribution is 0.0730. The van der Waals surface area contributed by atoms with E-state index in [9.17, 15) is 13.2 Å². The largest absolute Gasteiger partial charge is 0.496 e. The zero-order valence-corrected chi connectivity index (χ0v) is 15.6. The fraction of sp³-hybridized carbons (Fsp3) is 0.588. The second-order valence-corrected chi connectivity index (χ2v) is 8.53. The van der Waals surface area contributed by atoms with E-state index in [1.54, 1.807) is 0 Å². The number of benzene rings is 1. The van der Waals surface area contributed by atoms with Gasteiger partial charge < -0.3 is 20.5 Å². The Kier molecular flexibility index (Phi) is 5.81. The van der Waals surface area contributed by atoms with Crippen molar-refractivity contribution >= 4 is 15.9 Å². The quantitative estimate of drug-likeness (QED) is 0.695. The monoisotopic (exact) mass is 383 g/mol. The van der Waals surface area contributed by atoms with Crippen LogP contribution in [0.3, 0.4) is 0 Å². The summed E-state index contributed by atoms with van der Waals surface area (Å²) in [6.07, 6.45) is 2.18. The first kappa shape index (κ1) is 19.1. The van der Waals surface area contributed by atoms with Gasteiger partial charge in [-0.15, -0.1) is 0 Å². The van der Waals surface area contributed by atoms with Gasteiger partial charge in [0.25, 0.3) is 5.91 Å². The molecule has 1 aliphatic heterocycles. The molecule has 0 bridgehead atoms. The molecule has 0 spiro atoms. The van der Waals surface area contributed by atoms with Crippen molar-refractivity contribution in [2.75, 3.05) is 40.0 Å². The number of hydrogen-bond donors (Lipinski definition) is 2. The second-order valence-electron chi connectivity index (χ2n) is 6.59. The predicted octanol–water partition coefficient (Wildman–Crippen LogP) is 0.183. The van der Waals surface area contributed by atoms with Crippen molar-refractivity contribution in [3.05, 3.63) is 23.8 Å². The maximum Gasteiger partial charge on any atom is 0.255 e. The van der Waals surface area contributed by atoms with Crippen LogP contribution in [0.2, 0.25) is 0 Å². The Morgan fingerprint density at radius 1 is 1.38 bits per heavy atom. The molecule has 1 amide bonds. The van der Waals surface area contributed by atoms with Gasteiger partial charge in [0, 0.05) is 25.7 Å². The van der Waals surface area contributed by atoms with Gasteiger partial charge in [-0.25, -0.2) is 8.42 Å². The van der Waals surface area contributed by atoms with Gasteiger partial charge >= 0.3 is 0 Å². The number of nitrogens with one attached hydrogen (secondary N) is 1. The van der Waals surface area contributed by atoms with Crippen LogP contribution in [-0.4, -0.2) is 64.6 Å². The van der Waals surface area contributed by atoms with Gasteiger partial charge in [-0.2, -0.15) is 4.31 Å². The summed E-state index contributed by atoms with van der Waals surface area (Å²) in [4.78, 5) is 12.6. The van der Waals surface area contributed by atoms with E-state index in [0.29, 0.717) is 44.5 Å². The summed E-state index contributed by atoms with van der Waals surface area (Å²) in [5, 5.41) is 2.78. The van der Waals surface area contributed by atoms with E-state index < -0.39 is 15.9 Å². The van der Waals surface area contributed by atoms with Crippen molar-refractivity contribution < 1.29 is 22.7 Å². The van der Waals surface area contributed by atoms with Crippen LogP contribution in [0.25, 0.3) is 0 Å². The van der Waals surface area contributed by atoms with Gasteiger partial charge in [0.05, 0.1) is 30.8 Å². The highest BCUT2D eigenvalue weighted by Gasteiger charge is 2.30. The minimum Gasteiger partial charge on any atom is -0.496 e. The number of ether oxygens (including phenoxy) is 2. The van der Waals surface area contributed by atoms with E-state index in [1.165, 1.54) is 29.6 Å². The van der Waals surface area contributed by atoms with Gasteiger partial charge in [-0.1, -0.05) is 0 Å². The van der Waals surface area contributed by atoms with Gasteiger partial charge in [0.15, 0.2) is 0 Å². The van der Waals surface area contributed by atoms with Gasteiger partial charge in [-0.3, -0.25) is 4.79 Å². The van der Waals surface area contributed by atoms with E-state index in [-0.39, 0.29) is 16.5 Å². The summed E-state index contributed by atoms with van der Waals surface area (Å²) in [5.41, 5.74) is 6.20. The molecule has 26 heavy (non-hydrogen) atoms. The normalized spacial score (nSPS) is 19.8. The first-order valence-corrected chi connectivity index (χ1v) is 10.2. The molecule has 3 N–H and O–H groups in total. The molecule has 2 aliphatic rings. The lowest BCUT2D eigenvalue weighted by atomic mass is 10.1. The first-order valence-electron chi connectivity index (χ1n) is 8.73. The molecule has 1 aromatic carbocycles. The van der Waals surface area contributed by atoms with Crippen molar-refractivity contribution in [2.24, 2.45) is 11.7 Å². The Bertz CT molecular complexity index is 758. The predicted molar refractivity (Wildman–Crippen MR) is 95.6 cm³/mol. The fourth-order valence-corrected chi connectivity index (χ4v) is 4.39. The summed E-state index contributed by atoms with van der Waals surface area (Å²) in [5.74, 6) is 0.394. The number of rotatable bonds is 7. The third-order valence-electron chi connectivity index (χ3n) is 4.75. The molecular formula is C17H25N3O5S. The Hall–Kier alpha value is -1.68. The standard InChI is InChI=1S/C17H25N3O5S/c1-24-16-5-4-13(26(22,23)20-6-8-25-9-7-20)10-14(16)17(21)19-11-15(18)12-2-3-12/h4-5,10,12,15H,2-3,6-9,11,18H2,1H3,(H,19,21). The van der Waals surface area contributed by atoms with Crippen LogP contribution in [0.15, 0.2) is 23.1 Å². The number of methoxy groups -OCH3 is 1. The number of amides is 1. The number of nitrogens with two attached hydrogens (primary N) is 1. The molecule has 1 aliphatic carbocycles. The molecule has 8 nitrogen and oxygen atoms in total. The third kappa shape index (κ3) is 4.17. The number of hydrogen-bond acceptors (Lipinski definition) is 6. The minimum atomic E-state index is -3.68. The van der Waals surface area contributed by atoms with Crippen LogP contribution in [0.1, 0.15) is 23.2 Å². The number of nitrogens with zero attached hydrogens (tertiary/aromatic N) is 1. The number of morpholine rings is 1. The zero-order chi connectivity index (χ0) is 18.7. The van der Waals surface area contributed by atoms with E-state index in [0.717, 1.165) is 12.8 Å². The Labute approximate surface area is 153 Å². The summed E-state index contributed by atoms with van der Waals surface area (Å²) in [6.45, 7) is 1.68. The number of carbonyl (C=O) groups excluding carboxylic acids is 1. The van der Waals surface area contributed by atoms with Crippen LogP contribution >= 0.6 is 0 Å². The van der Waals surface area contributed by atoms with Crippen molar-refractivity contribution in [2.45, 2.75) is 23.8 Å². The maximum absolute atomic E-state index is 12.8. The molecule has 2 fully saturated rings. The fourth-order valence-electron chi connectivity index (χ4n) is 2.96. The van der Waals surface area contributed by atoms with Crippen LogP contribution in [0.4, 0.5) is 0 Å². The Morgan fingerprint density at radius 3 is 2.69 bits per heavy atom. The van der Waals surface area contributed by atoms with Crippen LogP contribution in [-0.2, 0) is 14.8 Å². The van der Waals surface area contributed by atoms with Crippen molar-refractivity contribution in [3.8, 4) is 5.75 Å². The summed E-state index contributed by atoms with van der Waals surface area (Å²) >= 11 is 0. The minimum absolute atomic E-state index is 0.0665. The first-order chi connectivity index (χ1) is 12.4. The molecule has 0 aromatic heterocycles. The molecule has 1 aromatic rings. The molecule has 9 heteroatoms. The van der Waals surface area contributed by atoms with E-state index in [1.807, 2.05) is 0 Å². The highest BCUT2D eigenvalue weighted by molar-refractivity contribution is 7.89. The van der Waals surface area contributed by atoms with Crippen LogP contribution in [0, 0.1) is 5.92 Å². The summed E-state index contributed by atoms with van der Waals surface area (Å²) in [7, 11) is -2.24. The second kappa shape index (κ2) is 7.91. The van der Waals surface area contributed by atoms with Crippen LogP contribution in [0.5, 0.6) is 5.75 Å². The average Bonchev–Trinajstić information content (AvgIpc) is 3.51. The zero-order valence-electron chi connectivity index (χ0n) is 14.8. The smallest absolute Gasteiger partial charge is 0.255 e. The summed E-state index contributed by atoms with van der Waals surface area (Å²) < 4.78 is 37.4. The van der Waals surface area contributed by atoms with E-state index in [2.05, 4.69) is 5.32 Å². The van der Waals surface area contributed by atoms with Crippen molar-refractivity contribution in [3.63, 3.8) is 0 Å². The van der Waals surface area contributed by atoms with Crippen molar-refractivity contribution in [1.82, 2.24) is 9.62 Å². The lowest BCUT2D eigenvalue weighted by Gasteiger charge is -2.26. The van der Waals surface area contributed by atoms with Crippen molar-refractivity contribution in [1.29, 1.82) is 0 Å². The average molecular weight is 383 g/mol. The van der Waals surface area contributed by atoms with Gasteiger partial charge in [0.2, 0.25) is 10.0 Å². The van der Waals surface area contributed by atoms with Crippen LogP contribution < -0.4 is 15.8 Å². The Balaban J connectivity index is 1.80. The number of carbonyl (C=O) groups is 1. The molecule has 144 valence electrons. The Morgan fingerprint density at radius 2 is 2.08 bits per heavy atom. The lowest BCUT2D eigenvalue weighted by Crippen LogP contribution is -2.41. The van der Waals surface area contributed by atoms with Gasteiger partial charge in [-0.05, 0) is 37.0 Å². The summed E-state index contributed by atoms with van der Waals surface area (Å²) in [6, 6.07) is 4.24. The molecule has 1 heterocycles. The highest BCUT2D eigenvalue weighted by atomic mass is 32.2. The molecule has 0 radical (unpaired) electrons. The molecule has 1 saturated carbocycles. The SMILES string of the molecule is COc1ccc(S(=O)(=O)N2CCOCC2)cc1C(=O)NCC(N)C1CC1. The molecule has 1 unspecified atom stereocenters. The number of sulfonamides is 1. The molecule has 1 atom stereocenters. The molecule has 3 rings (SSSR count).